The summed E-state index contributed by atoms with van der Waals surface area (Å²) in [5, 5.41) is 3.17. The molecule has 1 heterocycles. The monoisotopic (exact) mass is 242 g/mol. The number of nitrogens with zero attached hydrogens (tertiary/aromatic N) is 1. The van der Waals surface area contributed by atoms with Gasteiger partial charge in [-0.25, -0.2) is 0 Å². The number of nitrogens with two attached hydrogens (primary N) is 2. The van der Waals surface area contributed by atoms with Crippen molar-refractivity contribution in [3.05, 3.63) is 53.9 Å². The fourth-order valence-electron chi connectivity index (χ4n) is 1.59. The molecule has 0 aliphatic carbocycles. The Kier molecular flexibility index (Phi) is 3.54. The Balaban J connectivity index is 2.22. The second-order valence-electron chi connectivity index (χ2n) is 3.82. The molecule has 0 saturated carbocycles. The van der Waals surface area contributed by atoms with Gasteiger partial charge < -0.3 is 16.8 Å². The normalized spacial score (nSPS) is 10.1. The number of hydrogen-bond donors (Lipinski definition) is 3. The Morgan fingerprint density at radius 1 is 1.22 bits per heavy atom. The highest BCUT2D eigenvalue weighted by atomic mass is 16.1. The summed E-state index contributed by atoms with van der Waals surface area (Å²) in [5.41, 5.74) is 13.7. The Hall–Kier alpha value is -2.40. The van der Waals surface area contributed by atoms with Crippen LogP contribution in [0.15, 0.2) is 42.6 Å². The number of hydrogen-bond acceptors (Lipinski definition) is 4. The third-order valence-electron chi connectivity index (χ3n) is 2.46. The molecule has 2 aromatic rings. The van der Waals surface area contributed by atoms with Crippen molar-refractivity contribution in [3.8, 4) is 0 Å². The lowest BCUT2D eigenvalue weighted by Gasteiger charge is -2.08. The third-order valence-corrected chi connectivity index (χ3v) is 2.46. The van der Waals surface area contributed by atoms with E-state index in [1.165, 1.54) is 6.20 Å². The zero-order chi connectivity index (χ0) is 13.0. The van der Waals surface area contributed by atoms with E-state index in [0.717, 1.165) is 16.9 Å². The molecule has 0 aliphatic rings. The van der Waals surface area contributed by atoms with Crippen LogP contribution in [0.3, 0.4) is 0 Å². The van der Waals surface area contributed by atoms with Crippen LogP contribution in [-0.2, 0) is 6.54 Å². The fourth-order valence-corrected chi connectivity index (χ4v) is 1.59. The van der Waals surface area contributed by atoms with Gasteiger partial charge in [-0.2, -0.15) is 0 Å². The first-order valence-corrected chi connectivity index (χ1v) is 5.51. The maximum atomic E-state index is 11.0. The van der Waals surface area contributed by atoms with Crippen LogP contribution in [0.5, 0.6) is 0 Å². The molecule has 0 spiro atoms. The van der Waals surface area contributed by atoms with E-state index in [9.17, 15) is 4.79 Å². The summed E-state index contributed by atoms with van der Waals surface area (Å²) in [6.45, 7) is 0.485. The van der Waals surface area contributed by atoms with Gasteiger partial charge in [-0.3, -0.25) is 9.78 Å². The van der Waals surface area contributed by atoms with Gasteiger partial charge in [0, 0.05) is 24.1 Å². The Morgan fingerprint density at radius 3 is 2.72 bits per heavy atom. The predicted octanol–water partition coefficient (Wildman–Crippen LogP) is 1.38. The molecule has 2 rings (SSSR count). The second kappa shape index (κ2) is 5.29. The summed E-state index contributed by atoms with van der Waals surface area (Å²) in [4.78, 5) is 14.9. The summed E-state index contributed by atoms with van der Waals surface area (Å²) >= 11 is 0. The van der Waals surface area contributed by atoms with E-state index in [2.05, 4.69) is 10.3 Å². The molecule has 1 amide bonds. The van der Waals surface area contributed by atoms with E-state index in [1.54, 1.807) is 12.1 Å². The Bertz CT molecular complexity index is 568. The Morgan fingerprint density at radius 2 is 2.00 bits per heavy atom. The first-order valence-electron chi connectivity index (χ1n) is 5.51. The topological polar surface area (TPSA) is 94.0 Å². The van der Waals surface area contributed by atoms with Gasteiger partial charge in [0.2, 0.25) is 0 Å². The van der Waals surface area contributed by atoms with Crippen LogP contribution in [-0.4, -0.2) is 10.9 Å². The summed E-state index contributed by atoms with van der Waals surface area (Å²) in [7, 11) is 0. The largest absolute Gasteiger partial charge is 0.364 e. The minimum Gasteiger partial charge on any atom is -0.364 e. The van der Waals surface area contributed by atoms with Crippen molar-refractivity contribution in [1.82, 2.24) is 4.98 Å². The first-order chi connectivity index (χ1) is 8.69. The zero-order valence-corrected chi connectivity index (χ0v) is 9.76. The van der Waals surface area contributed by atoms with Gasteiger partial charge in [-0.15, -0.1) is 0 Å². The Labute approximate surface area is 105 Å². The van der Waals surface area contributed by atoms with Crippen molar-refractivity contribution < 1.29 is 4.79 Å². The summed E-state index contributed by atoms with van der Waals surface area (Å²) in [6, 6.07) is 11.1. The maximum Gasteiger partial charge on any atom is 0.267 e. The van der Waals surface area contributed by atoms with Crippen LogP contribution < -0.4 is 16.8 Å². The molecule has 1 aromatic heterocycles. The van der Waals surface area contributed by atoms with E-state index < -0.39 is 5.91 Å². The molecule has 0 bridgehead atoms. The maximum absolute atomic E-state index is 11.0. The minimum absolute atomic E-state index is 0.231. The van der Waals surface area contributed by atoms with Gasteiger partial charge >= 0.3 is 0 Å². The lowest BCUT2D eigenvalue weighted by Crippen LogP contribution is -2.12. The number of nitrogens with one attached hydrogen (secondary N) is 1. The van der Waals surface area contributed by atoms with Crippen LogP contribution in [0.4, 0.5) is 11.4 Å². The van der Waals surface area contributed by atoms with Crippen LogP contribution >= 0.6 is 0 Å². The molecule has 0 atom stereocenters. The molecule has 5 nitrogen and oxygen atoms in total. The number of carbonyl (C=O) groups excluding carboxylic acids is 1. The number of rotatable bonds is 4. The molecular weight excluding hydrogens is 228 g/mol. The smallest absolute Gasteiger partial charge is 0.267 e. The fraction of sp³-hybridized carbons (Fsp3) is 0.0769. The van der Waals surface area contributed by atoms with Crippen molar-refractivity contribution in [2.45, 2.75) is 6.54 Å². The zero-order valence-electron chi connectivity index (χ0n) is 9.76. The number of benzene rings is 1. The van der Waals surface area contributed by atoms with E-state index in [0.29, 0.717) is 6.54 Å². The van der Waals surface area contributed by atoms with Gasteiger partial charge in [-0.05, 0) is 29.8 Å². The molecule has 0 fully saturated rings. The van der Waals surface area contributed by atoms with Crippen LogP contribution in [0.1, 0.15) is 16.1 Å². The predicted molar refractivity (Wildman–Crippen MR) is 70.4 cm³/mol. The lowest BCUT2D eigenvalue weighted by atomic mass is 10.2. The highest BCUT2D eigenvalue weighted by Crippen LogP contribution is 2.17. The van der Waals surface area contributed by atoms with Crippen molar-refractivity contribution in [3.63, 3.8) is 0 Å². The van der Waals surface area contributed by atoms with E-state index in [4.69, 9.17) is 11.5 Å². The molecular formula is C13H14N4O. The second-order valence-corrected chi connectivity index (χ2v) is 3.82. The van der Waals surface area contributed by atoms with Crippen molar-refractivity contribution in [2.24, 2.45) is 11.5 Å². The molecule has 92 valence electrons. The SMILES string of the molecule is NCc1cccc(Nc2ccnc(C(N)=O)c2)c1. The van der Waals surface area contributed by atoms with Crippen molar-refractivity contribution in [1.29, 1.82) is 0 Å². The number of amides is 1. The highest BCUT2D eigenvalue weighted by Gasteiger charge is 2.03. The molecule has 0 radical (unpaired) electrons. The number of carbonyl (C=O) groups is 1. The van der Waals surface area contributed by atoms with E-state index >= 15 is 0 Å². The van der Waals surface area contributed by atoms with E-state index in [-0.39, 0.29) is 5.69 Å². The first kappa shape index (κ1) is 12.1. The quantitative estimate of drug-likeness (QED) is 0.755. The molecule has 5 N–H and O–H groups in total. The van der Waals surface area contributed by atoms with Crippen molar-refractivity contribution >= 4 is 17.3 Å². The average Bonchev–Trinajstić information content (AvgIpc) is 2.39. The number of aromatic nitrogens is 1. The van der Waals surface area contributed by atoms with E-state index in [1.807, 2.05) is 24.3 Å². The van der Waals surface area contributed by atoms with Crippen LogP contribution in [0.2, 0.25) is 0 Å². The third kappa shape index (κ3) is 2.83. The molecule has 5 heteroatoms. The van der Waals surface area contributed by atoms with Crippen LogP contribution in [0.25, 0.3) is 0 Å². The van der Waals surface area contributed by atoms with Gasteiger partial charge in [-0.1, -0.05) is 12.1 Å². The molecule has 18 heavy (non-hydrogen) atoms. The molecule has 0 saturated heterocycles. The lowest BCUT2D eigenvalue weighted by molar-refractivity contribution is 0.0995. The summed E-state index contributed by atoms with van der Waals surface area (Å²) in [5.74, 6) is -0.547. The van der Waals surface area contributed by atoms with Gasteiger partial charge in [0.1, 0.15) is 5.69 Å². The van der Waals surface area contributed by atoms with Crippen molar-refractivity contribution in [2.75, 3.05) is 5.32 Å². The molecule has 1 aromatic carbocycles. The summed E-state index contributed by atoms with van der Waals surface area (Å²) < 4.78 is 0. The minimum atomic E-state index is -0.547. The van der Waals surface area contributed by atoms with Crippen LogP contribution in [0, 0.1) is 0 Å². The van der Waals surface area contributed by atoms with Gasteiger partial charge in [0.05, 0.1) is 0 Å². The number of pyridine rings is 1. The van der Waals surface area contributed by atoms with Gasteiger partial charge in [0.15, 0.2) is 0 Å². The molecule has 0 unspecified atom stereocenters. The average molecular weight is 242 g/mol. The number of primary amides is 1. The highest BCUT2D eigenvalue weighted by molar-refractivity contribution is 5.91. The number of anilines is 2. The van der Waals surface area contributed by atoms with Gasteiger partial charge in [0.25, 0.3) is 5.91 Å². The molecule has 0 aliphatic heterocycles. The standard InChI is InChI=1S/C13H14N4O/c14-8-9-2-1-3-10(6-9)17-11-4-5-16-12(7-11)13(15)18/h1-7H,8,14H2,(H2,15,18)(H,16,17). The summed E-state index contributed by atoms with van der Waals surface area (Å²) in [6.07, 6.45) is 1.54.